The van der Waals surface area contributed by atoms with Crippen molar-refractivity contribution in [1.29, 1.82) is 0 Å². The molecular formula is C22H26ClN5O. The first-order valence-electron chi connectivity index (χ1n) is 10.1. The van der Waals surface area contributed by atoms with Crippen LogP contribution in [-0.2, 0) is 37.8 Å². The molecule has 1 aromatic carbocycles. The molecular weight excluding hydrogens is 386 g/mol. The fourth-order valence-electron chi connectivity index (χ4n) is 4.06. The van der Waals surface area contributed by atoms with Crippen molar-refractivity contribution in [3.8, 4) is 11.5 Å². The lowest BCUT2D eigenvalue weighted by Gasteiger charge is -2.28. The summed E-state index contributed by atoms with van der Waals surface area (Å²) in [6, 6.07) is 7.53. The Bertz CT molecular complexity index is 1050. The van der Waals surface area contributed by atoms with E-state index in [1.54, 1.807) is 0 Å². The summed E-state index contributed by atoms with van der Waals surface area (Å²) in [5, 5.41) is 5.42. The zero-order chi connectivity index (χ0) is 20.5. The molecule has 152 valence electrons. The van der Waals surface area contributed by atoms with E-state index < -0.39 is 0 Å². The first kappa shape index (κ1) is 19.7. The Labute approximate surface area is 176 Å². The summed E-state index contributed by atoms with van der Waals surface area (Å²) in [5.41, 5.74) is 5.17. The molecule has 1 aliphatic heterocycles. The van der Waals surface area contributed by atoms with Crippen LogP contribution in [0.25, 0.3) is 11.5 Å². The van der Waals surface area contributed by atoms with Gasteiger partial charge in [0.25, 0.3) is 0 Å². The third-order valence-corrected chi connectivity index (χ3v) is 5.98. The van der Waals surface area contributed by atoms with Gasteiger partial charge in [0.15, 0.2) is 5.82 Å². The summed E-state index contributed by atoms with van der Waals surface area (Å²) in [6.45, 7) is 6.38. The van der Waals surface area contributed by atoms with Crippen LogP contribution in [0.3, 0.4) is 0 Å². The van der Waals surface area contributed by atoms with E-state index in [0.717, 1.165) is 47.7 Å². The molecule has 4 rings (SSSR count). The highest BCUT2D eigenvalue weighted by Gasteiger charge is 2.29. The van der Waals surface area contributed by atoms with E-state index >= 15 is 0 Å². The van der Waals surface area contributed by atoms with Crippen LogP contribution in [0.2, 0.25) is 5.02 Å². The van der Waals surface area contributed by atoms with Crippen LogP contribution < -0.4 is 0 Å². The molecule has 0 fully saturated rings. The molecule has 6 nitrogen and oxygen atoms in total. The summed E-state index contributed by atoms with van der Waals surface area (Å²) in [7, 11) is 1.98. The van der Waals surface area contributed by atoms with E-state index in [1.165, 1.54) is 5.69 Å². The second-order valence-electron chi connectivity index (χ2n) is 7.61. The van der Waals surface area contributed by atoms with Crippen LogP contribution in [0.15, 0.2) is 30.5 Å². The summed E-state index contributed by atoms with van der Waals surface area (Å²) in [4.78, 5) is 19.5. The van der Waals surface area contributed by atoms with Crippen LogP contribution in [0.1, 0.15) is 35.9 Å². The fraction of sp³-hybridized carbons (Fsp3) is 0.409. The topological polar surface area (TPSA) is 56.0 Å². The van der Waals surface area contributed by atoms with Gasteiger partial charge in [0.1, 0.15) is 5.69 Å². The Morgan fingerprint density at radius 3 is 2.83 bits per heavy atom. The summed E-state index contributed by atoms with van der Waals surface area (Å²) >= 11 is 6.25. The molecule has 0 radical (unpaired) electrons. The predicted molar refractivity (Wildman–Crippen MR) is 114 cm³/mol. The molecule has 0 N–H and O–H groups in total. The van der Waals surface area contributed by atoms with Crippen molar-refractivity contribution in [3.63, 3.8) is 0 Å². The van der Waals surface area contributed by atoms with Crippen molar-refractivity contribution in [2.75, 3.05) is 6.54 Å². The largest absolute Gasteiger partial charge is 0.338 e. The van der Waals surface area contributed by atoms with E-state index in [9.17, 15) is 4.79 Å². The number of carbonyl (C=O) groups is 1. The number of hydrogen-bond donors (Lipinski definition) is 0. The molecule has 0 saturated heterocycles. The number of nitrogens with zero attached hydrogens (tertiary/aromatic N) is 5. The van der Waals surface area contributed by atoms with E-state index in [4.69, 9.17) is 16.7 Å². The van der Waals surface area contributed by atoms with Gasteiger partial charge in [-0.25, -0.2) is 4.98 Å². The summed E-state index contributed by atoms with van der Waals surface area (Å²) in [5.74, 6) is 0.980. The van der Waals surface area contributed by atoms with Crippen molar-refractivity contribution in [1.82, 2.24) is 24.2 Å². The third-order valence-electron chi connectivity index (χ3n) is 5.61. The normalized spacial score (nSPS) is 13.6. The molecule has 3 aromatic rings. The molecule has 3 heterocycles. The van der Waals surface area contributed by atoms with E-state index in [2.05, 4.69) is 23.4 Å². The minimum Gasteiger partial charge on any atom is -0.338 e. The maximum atomic E-state index is 13.0. The Morgan fingerprint density at radius 1 is 1.28 bits per heavy atom. The second-order valence-corrected chi connectivity index (χ2v) is 8.01. The minimum atomic E-state index is 0.0895. The van der Waals surface area contributed by atoms with Gasteiger partial charge in [0.2, 0.25) is 5.91 Å². The lowest BCUT2D eigenvalue weighted by atomic mass is 10.0. The molecule has 0 saturated carbocycles. The standard InChI is InChI=1S/C22H26ClN5O/c1-4-10-28-15(2)13-24-22(28)21-17-14-27(11-9-19(17)26(3)25-21)20(29)12-16-7-5-6-8-18(16)23/h5-8,13H,4,9-12,14H2,1-3H3. The molecule has 0 bridgehead atoms. The number of halogens is 1. The van der Waals surface area contributed by atoms with Crippen LogP contribution in [0.5, 0.6) is 0 Å². The quantitative estimate of drug-likeness (QED) is 0.642. The zero-order valence-electron chi connectivity index (χ0n) is 17.2. The molecule has 0 spiro atoms. The number of imidazole rings is 1. The molecule has 29 heavy (non-hydrogen) atoms. The lowest BCUT2D eigenvalue weighted by molar-refractivity contribution is -0.131. The highest BCUT2D eigenvalue weighted by atomic mass is 35.5. The average molecular weight is 412 g/mol. The van der Waals surface area contributed by atoms with E-state index in [1.807, 2.05) is 47.1 Å². The number of aryl methyl sites for hydroxylation is 2. The van der Waals surface area contributed by atoms with Gasteiger partial charge in [0, 0.05) is 61.3 Å². The minimum absolute atomic E-state index is 0.0895. The average Bonchev–Trinajstić information content (AvgIpc) is 3.23. The molecule has 0 unspecified atom stereocenters. The Morgan fingerprint density at radius 2 is 2.07 bits per heavy atom. The monoisotopic (exact) mass is 411 g/mol. The van der Waals surface area contributed by atoms with Gasteiger partial charge >= 0.3 is 0 Å². The molecule has 1 amide bonds. The smallest absolute Gasteiger partial charge is 0.227 e. The highest BCUT2D eigenvalue weighted by Crippen LogP contribution is 2.30. The lowest BCUT2D eigenvalue weighted by Crippen LogP contribution is -2.37. The third kappa shape index (κ3) is 3.69. The zero-order valence-corrected chi connectivity index (χ0v) is 17.9. The molecule has 0 atom stereocenters. The number of rotatable bonds is 5. The number of fused-ring (bicyclic) bond motifs is 1. The maximum absolute atomic E-state index is 13.0. The van der Waals surface area contributed by atoms with Crippen LogP contribution >= 0.6 is 11.6 Å². The van der Waals surface area contributed by atoms with Crippen molar-refractivity contribution in [2.45, 2.75) is 46.2 Å². The van der Waals surface area contributed by atoms with Crippen LogP contribution in [0.4, 0.5) is 0 Å². The molecule has 1 aliphatic rings. The SMILES string of the molecule is CCCn1c(C)cnc1-c1nn(C)c2c1CN(C(=O)Cc1ccccc1Cl)CC2. The summed E-state index contributed by atoms with van der Waals surface area (Å²) < 4.78 is 4.16. The second kappa shape index (κ2) is 8.03. The number of aromatic nitrogens is 4. The van der Waals surface area contributed by atoms with Gasteiger partial charge in [-0.1, -0.05) is 36.7 Å². The number of benzene rings is 1. The van der Waals surface area contributed by atoms with Crippen molar-refractivity contribution >= 4 is 17.5 Å². The first-order valence-corrected chi connectivity index (χ1v) is 10.5. The van der Waals surface area contributed by atoms with E-state index in [-0.39, 0.29) is 5.91 Å². The van der Waals surface area contributed by atoms with Gasteiger partial charge in [-0.15, -0.1) is 0 Å². The molecule has 7 heteroatoms. The first-order chi connectivity index (χ1) is 14.0. The van der Waals surface area contributed by atoms with Gasteiger partial charge in [-0.3, -0.25) is 9.48 Å². The Balaban J connectivity index is 1.63. The van der Waals surface area contributed by atoms with Crippen molar-refractivity contribution < 1.29 is 4.79 Å². The van der Waals surface area contributed by atoms with E-state index in [0.29, 0.717) is 24.5 Å². The van der Waals surface area contributed by atoms with Crippen LogP contribution in [0, 0.1) is 6.92 Å². The highest BCUT2D eigenvalue weighted by molar-refractivity contribution is 6.31. The number of hydrogen-bond acceptors (Lipinski definition) is 3. The van der Waals surface area contributed by atoms with Gasteiger partial charge in [-0.05, 0) is 25.0 Å². The van der Waals surface area contributed by atoms with Crippen molar-refractivity contribution in [2.24, 2.45) is 7.05 Å². The predicted octanol–water partition coefficient (Wildman–Crippen LogP) is 3.78. The van der Waals surface area contributed by atoms with Gasteiger partial charge in [-0.2, -0.15) is 5.10 Å². The number of carbonyl (C=O) groups excluding carboxylic acids is 1. The molecule has 0 aliphatic carbocycles. The number of amides is 1. The fourth-order valence-corrected chi connectivity index (χ4v) is 4.26. The Hall–Kier alpha value is -2.60. The van der Waals surface area contributed by atoms with Gasteiger partial charge < -0.3 is 9.47 Å². The maximum Gasteiger partial charge on any atom is 0.227 e. The van der Waals surface area contributed by atoms with Crippen molar-refractivity contribution in [3.05, 3.63) is 58.0 Å². The Kier molecular flexibility index (Phi) is 5.46. The molecule has 2 aromatic heterocycles. The summed E-state index contributed by atoms with van der Waals surface area (Å²) in [6.07, 6.45) is 4.03. The van der Waals surface area contributed by atoms with Crippen LogP contribution in [-0.4, -0.2) is 36.7 Å². The van der Waals surface area contributed by atoms with Gasteiger partial charge in [0.05, 0.1) is 6.42 Å².